The first kappa shape index (κ1) is 11.0. The highest BCUT2D eigenvalue weighted by molar-refractivity contribution is 5.86. The van der Waals surface area contributed by atoms with Crippen molar-refractivity contribution in [1.29, 1.82) is 10.8 Å². The van der Waals surface area contributed by atoms with Gasteiger partial charge in [0.15, 0.2) is 0 Å². The molecule has 0 saturated carbocycles. The Morgan fingerprint density at radius 3 is 2.94 bits per heavy atom. The lowest BCUT2D eigenvalue weighted by molar-refractivity contribution is 0.478. The first-order valence-corrected chi connectivity index (χ1v) is 5.14. The summed E-state index contributed by atoms with van der Waals surface area (Å²) in [7, 11) is 0. The van der Waals surface area contributed by atoms with Crippen molar-refractivity contribution in [2.45, 2.75) is 6.04 Å². The van der Waals surface area contributed by atoms with E-state index >= 15 is 0 Å². The zero-order valence-electron chi connectivity index (χ0n) is 8.76. The lowest BCUT2D eigenvalue weighted by atomic mass is 10.2. The highest BCUT2D eigenvalue weighted by atomic mass is 19.1. The van der Waals surface area contributed by atoms with Gasteiger partial charge in [-0.05, 0) is 12.1 Å². The predicted molar refractivity (Wildman–Crippen MR) is 58.0 cm³/mol. The van der Waals surface area contributed by atoms with E-state index in [-0.39, 0.29) is 17.4 Å². The topological polar surface area (TPSA) is 76.7 Å². The first-order valence-electron chi connectivity index (χ1n) is 5.14. The van der Waals surface area contributed by atoms with Crippen molar-refractivity contribution in [1.82, 2.24) is 15.2 Å². The molecular formula is C10H14FN5. The Morgan fingerprint density at radius 2 is 2.25 bits per heavy atom. The van der Waals surface area contributed by atoms with Gasteiger partial charge in [0.05, 0.1) is 6.04 Å². The fourth-order valence-corrected chi connectivity index (χ4v) is 1.69. The third-order valence-corrected chi connectivity index (χ3v) is 2.54. The maximum Gasteiger partial charge on any atom is 0.140 e. The van der Waals surface area contributed by atoms with Gasteiger partial charge in [-0.15, -0.1) is 0 Å². The van der Waals surface area contributed by atoms with E-state index < -0.39 is 5.82 Å². The second kappa shape index (κ2) is 4.54. The monoisotopic (exact) mass is 223 g/mol. The summed E-state index contributed by atoms with van der Waals surface area (Å²) in [5.74, 6) is -0.249. The van der Waals surface area contributed by atoms with Gasteiger partial charge in [0, 0.05) is 25.8 Å². The van der Waals surface area contributed by atoms with Crippen molar-refractivity contribution < 1.29 is 4.39 Å². The van der Waals surface area contributed by atoms with E-state index in [0.717, 1.165) is 13.1 Å². The van der Waals surface area contributed by atoms with E-state index in [4.69, 9.17) is 10.8 Å². The third-order valence-electron chi connectivity index (χ3n) is 2.54. The minimum absolute atomic E-state index is 0.110. The zero-order valence-corrected chi connectivity index (χ0v) is 8.76. The van der Waals surface area contributed by atoms with Crippen LogP contribution in [0.2, 0.25) is 0 Å². The van der Waals surface area contributed by atoms with Gasteiger partial charge in [0.2, 0.25) is 0 Å². The van der Waals surface area contributed by atoms with E-state index in [9.17, 15) is 4.39 Å². The van der Waals surface area contributed by atoms with Crippen LogP contribution >= 0.6 is 0 Å². The summed E-state index contributed by atoms with van der Waals surface area (Å²) in [6.07, 6.45) is 1.17. The van der Waals surface area contributed by atoms with Crippen LogP contribution in [0.4, 0.5) is 4.39 Å². The summed E-state index contributed by atoms with van der Waals surface area (Å²) in [4.78, 5) is 0. The molecule has 1 atom stereocenters. The highest BCUT2D eigenvalue weighted by Crippen LogP contribution is 1.96. The average molecular weight is 223 g/mol. The summed E-state index contributed by atoms with van der Waals surface area (Å²) in [6.45, 7) is 2.27. The second-order valence-corrected chi connectivity index (χ2v) is 3.70. The van der Waals surface area contributed by atoms with Gasteiger partial charge in [-0.25, -0.2) is 4.39 Å². The number of aromatic nitrogens is 1. The van der Waals surface area contributed by atoms with Crippen LogP contribution in [0.25, 0.3) is 0 Å². The van der Waals surface area contributed by atoms with E-state index in [0.29, 0.717) is 6.54 Å². The molecule has 2 heterocycles. The van der Waals surface area contributed by atoms with Crippen LogP contribution in [0, 0.1) is 16.6 Å². The van der Waals surface area contributed by atoms with Crippen LogP contribution in [0.1, 0.15) is 0 Å². The van der Waals surface area contributed by atoms with E-state index in [1.165, 1.54) is 22.9 Å². The van der Waals surface area contributed by atoms with E-state index in [1.807, 2.05) is 0 Å². The molecule has 0 radical (unpaired) electrons. The summed E-state index contributed by atoms with van der Waals surface area (Å²) in [5.41, 5.74) is 0.110. The number of pyridine rings is 1. The molecule has 0 amide bonds. The van der Waals surface area contributed by atoms with E-state index in [1.54, 1.807) is 0 Å². The van der Waals surface area contributed by atoms with Gasteiger partial charge in [-0.1, -0.05) is 0 Å². The maximum atomic E-state index is 13.0. The number of halogens is 1. The Bertz CT molecular complexity index is 447. The summed E-state index contributed by atoms with van der Waals surface area (Å²) >= 11 is 0. The molecule has 4 N–H and O–H groups in total. The summed E-state index contributed by atoms with van der Waals surface area (Å²) in [6, 6.07) is 2.39. The number of nitrogens with one attached hydrogen (secondary N) is 4. The standard InChI is InChI=1S/C10H14FN5/c11-7-1-2-9(12)16(6-7)10(13)8-5-14-3-4-15-8/h1-2,6,8,12-15H,3-5H2. The lowest BCUT2D eigenvalue weighted by Crippen LogP contribution is -2.54. The van der Waals surface area contributed by atoms with Gasteiger partial charge < -0.3 is 10.6 Å². The van der Waals surface area contributed by atoms with Crippen molar-refractivity contribution in [2.75, 3.05) is 19.6 Å². The predicted octanol–water partition coefficient (Wildman–Crippen LogP) is -0.507. The molecule has 0 spiro atoms. The Kier molecular flexibility index (Phi) is 3.12. The van der Waals surface area contributed by atoms with Crippen LogP contribution in [0.5, 0.6) is 0 Å². The normalized spacial score (nSPS) is 20.7. The van der Waals surface area contributed by atoms with Crippen LogP contribution in [0.3, 0.4) is 0 Å². The Hall–Kier alpha value is -1.53. The molecule has 2 rings (SSSR count). The van der Waals surface area contributed by atoms with Gasteiger partial charge in [-0.3, -0.25) is 15.4 Å². The van der Waals surface area contributed by atoms with Gasteiger partial charge in [0.25, 0.3) is 0 Å². The van der Waals surface area contributed by atoms with Crippen molar-refractivity contribution in [3.8, 4) is 0 Å². The number of piperazine rings is 1. The second-order valence-electron chi connectivity index (χ2n) is 3.70. The van der Waals surface area contributed by atoms with Gasteiger partial charge >= 0.3 is 0 Å². The molecule has 1 aliphatic heterocycles. The molecule has 1 unspecified atom stereocenters. The summed E-state index contributed by atoms with van der Waals surface area (Å²) < 4.78 is 14.3. The number of nitrogens with zero attached hydrogens (tertiary/aromatic N) is 1. The molecule has 5 nitrogen and oxygen atoms in total. The molecule has 16 heavy (non-hydrogen) atoms. The van der Waals surface area contributed by atoms with E-state index in [2.05, 4.69) is 10.6 Å². The van der Waals surface area contributed by atoms with Crippen molar-refractivity contribution in [2.24, 2.45) is 0 Å². The minimum atomic E-state index is -0.440. The molecule has 0 aromatic carbocycles. The van der Waals surface area contributed by atoms with Crippen molar-refractivity contribution >= 4 is 5.84 Å². The smallest absolute Gasteiger partial charge is 0.140 e. The molecule has 6 heteroatoms. The Balaban J connectivity index is 2.25. The van der Waals surface area contributed by atoms with Crippen molar-refractivity contribution in [3.63, 3.8) is 0 Å². The third kappa shape index (κ3) is 2.17. The molecule has 1 fully saturated rings. The summed E-state index contributed by atoms with van der Waals surface area (Å²) in [5, 5.41) is 21.9. The highest BCUT2D eigenvalue weighted by Gasteiger charge is 2.18. The average Bonchev–Trinajstić information content (AvgIpc) is 2.32. The quantitative estimate of drug-likeness (QED) is 0.382. The van der Waals surface area contributed by atoms with Gasteiger partial charge in [0.1, 0.15) is 17.1 Å². The number of hydrogen-bond donors (Lipinski definition) is 4. The Morgan fingerprint density at radius 1 is 1.44 bits per heavy atom. The first-order chi connectivity index (χ1) is 7.68. The molecule has 1 aliphatic rings. The zero-order chi connectivity index (χ0) is 11.5. The number of hydrogen-bond acceptors (Lipinski definition) is 4. The largest absolute Gasteiger partial charge is 0.313 e. The minimum Gasteiger partial charge on any atom is -0.313 e. The lowest BCUT2D eigenvalue weighted by Gasteiger charge is -2.25. The van der Waals surface area contributed by atoms with Gasteiger partial charge in [-0.2, -0.15) is 0 Å². The SMILES string of the molecule is N=C(C1CNCCN1)n1cc(F)ccc1=N. The number of rotatable bonds is 1. The molecule has 1 aromatic rings. The molecule has 86 valence electrons. The fourth-order valence-electron chi connectivity index (χ4n) is 1.69. The molecule has 0 bridgehead atoms. The molecule has 1 saturated heterocycles. The fraction of sp³-hybridized carbons (Fsp3) is 0.400. The maximum absolute atomic E-state index is 13.0. The van der Waals surface area contributed by atoms with Crippen molar-refractivity contribution in [3.05, 3.63) is 29.6 Å². The Labute approximate surface area is 92.3 Å². The van der Waals surface area contributed by atoms with Crippen LogP contribution in [0.15, 0.2) is 18.3 Å². The molecular weight excluding hydrogens is 209 g/mol. The molecule has 1 aromatic heterocycles. The van der Waals surface area contributed by atoms with Crippen LogP contribution < -0.4 is 16.1 Å². The van der Waals surface area contributed by atoms with Crippen LogP contribution in [-0.4, -0.2) is 36.1 Å². The molecule has 0 aliphatic carbocycles. The van der Waals surface area contributed by atoms with Crippen LogP contribution in [-0.2, 0) is 0 Å².